The first-order chi connectivity index (χ1) is 8.86. The summed E-state index contributed by atoms with van der Waals surface area (Å²) in [6.07, 6.45) is -2.74. The number of pyridine rings is 1. The number of hydrogen-bond acceptors (Lipinski definition) is 5. The van der Waals surface area contributed by atoms with Gasteiger partial charge in [0.2, 0.25) is 0 Å². The Labute approximate surface area is 107 Å². The average Bonchev–Trinajstić information content (AvgIpc) is 2.33. The third-order valence-corrected chi connectivity index (χ3v) is 2.32. The van der Waals surface area contributed by atoms with Crippen LogP contribution < -0.4 is 11.1 Å². The first-order valence-electron chi connectivity index (χ1n) is 5.52. The van der Waals surface area contributed by atoms with Crippen LogP contribution in [0, 0.1) is 10.1 Å². The van der Waals surface area contributed by atoms with Gasteiger partial charge in [-0.2, -0.15) is 13.2 Å². The summed E-state index contributed by atoms with van der Waals surface area (Å²) < 4.78 is 37.4. The fraction of sp³-hybridized carbons (Fsp3) is 0.500. The molecule has 9 heteroatoms. The molecule has 0 radical (unpaired) electrons. The zero-order valence-electron chi connectivity index (χ0n) is 9.91. The number of nitrogens with two attached hydrogens (primary N) is 1. The van der Waals surface area contributed by atoms with Crippen LogP contribution in [0.5, 0.6) is 0 Å². The highest BCUT2D eigenvalue weighted by atomic mass is 19.4. The van der Waals surface area contributed by atoms with Crippen LogP contribution in [-0.2, 0) is 6.18 Å². The summed E-state index contributed by atoms with van der Waals surface area (Å²) in [6.45, 7) is 0.757. The number of hydrogen-bond donors (Lipinski definition) is 2. The van der Waals surface area contributed by atoms with Crippen molar-refractivity contribution in [1.82, 2.24) is 4.98 Å². The van der Waals surface area contributed by atoms with Crippen LogP contribution in [0.15, 0.2) is 12.3 Å². The largest absolute Gasteiger partial charge is 0.433 e. The number of nitrogens with one attached hydrogen (secondary N) is 1. The van der Waals surface area contributed by atoms with Crippen LogP contribution >= 0.6 is 0 Å². The van der Waals surface area contributed by atoms with Crippen molar-refractivity contribution in [1.29, 1.82) is 0 Å². The fourth-order valence-electron chi connectivity index (χ4n) is 1.38. The normalized spacial score (nSPS) is 11.4. The lowest BCUT2D eigenvalue weighted by Crippen LogP contribution is -2.12. The van der Waals surface area contributed by atoms with E-state index in [9.17, 15) is 23.3 Å². The van der Waals surface area contributed by atoms with Gasteiger partial charge in [0.1, 0.15) is 17.6 Å². The molecule has 1 aromatic rings. The van der Waals surface area contributed by atoms with Crippen LogP contribution in [0.4, 0.5) is 24.5 Å². The van der Waals surface area contributed by atoms with Gasteiger partial charge in [0, 0.05) is 6.54 Å². The van der Waals surface area contributed by atoms with E-state index in [1.807, 2.05) is 0 Å². The minimum atomic E-state index is -4.64. The van der Waals surface area contributed by atoms with Crippen LogP contribution in [0.3, 0.4) is 0 Å². The van der Waals surface area contributed by atoms with Crippen LogP contribution in [-0.4, -0.2) is 23.0 Å². The lowest BCUT2D eigenvalue weighted by molar-refractivity contribution is -0.384. The molecule has 0 unspecified atom stereocenters. The van der Waals surface area contributed by atoms with Crippen molar-refractivity contribution < 1.29 is 18.1 Å². The molecule has 1 rings (SSSR count). The van der Waals surface area contributed by atoms with E-state index in [4.69, 9.17) is 5.73 Å². The van der Waals surface area contributed by atoms with E-state index >= 15 is 0 Å². The van der Waals surface area contributed by atoms with E-state index < -0.39 is 22.5 Å². The van der Waals surface area contributed by atoms with E-state index in [-0.39, 0.29) is 5.69 Å². The number of nitro groups is 1. The van der Waals surface area contributed by atoms with Crippen molar-refractivity contribution in [3.05, 3.63) is 28.1 Å². The molecule has 3 N–H and O–H groups in total. The van der Waals surface area contributed by atoms with Crippen LogP contribution in [0.2, 0.25) is 0 Å². The Morgan fingerprint density at radius 1 is 1.42 bits per heavy atom. The predicted octanol–water partition coefficient (Wildman–Crippen LogP) is 2.16. The summed E-state index contributed by atoms with van der Waals surface area (Å²) in [4.78, 5) is 13.0. The topological polar surface area (TPSA) is 94.1 Å². The van der Waals surface area contributed by atoms with E-state index in [2.05, 4.69) is 10.3 Å². The molecule has 1 heterocycles. The molecular weight excluding hydrogens is 265 g/mol. The Morgan fingerprint density at radius 2 is 2.11 bits per heavy atom. The van der Waals surface area contributed by atoms with Gasteiger partial charge in [-0.25, -0.2) is 4.98 Å². The Morgan fingerprint density at radius 3 is 2.63 bits per heavy atom. The van der Waals surface area contributed by atoms with Crippen molar-refractivity contribution in [3.8, 4) is 0 Å². The number of alkyl halides is 3. The highest BCUT2D eigenvalue weighted by molar-refractivity contribution is 5.61. The van der Waals surface area contributed by atoms with Gasteiger partial charge in [0.05, 0.1) is 4.92 Å². The van der Waals surface area contributed by atoms with E-state index in [1.165, 1.54) is 0 Å². The van der Waals surface area contributed by atoms with Gasteiger partial charge in [0.25, 0.3) is 0 Å². The standard InChI is InChI=1S/C10H13F3N4O2/c11-10(12,13)9-5-7(15-4-2-1-3-14)8(6-16-9)17(18)19/h5-6H,1-4,14H2,(H,15,16). The average molecular weight is 278 g/mol. The second-order valence-electron chi connectivity index (χ2n) is 3.76. The lowest BCUT2D eigenvalue weighted by Gasteiger charge is -2.10. The molecule has 0 saturated carbocycles. The molecule has 0 spiro atoms. The summed E-state index contributed by atoms with van der Waals surface area (Å²) in [6, 6.07) is 0.639. The summed E-state index contributed by atoms with van der Waals surface area (Å²) in [5, 5.41) is 13.3. The Bertz CT molecular complexity index is 451. The molecule has 1 aromatic heterocycles. The molecule has 0 atom stereocenters. The zero-order valence-corrected chi connectivity index (χ0v) is 9.91. The van der Waals surface area contributed by atoms with Crippen molar-refractivity contribution in [2.75, 3.05) is 18.4 Å². The number of unbranched alkanes of at least 4 members (excludes halogenated alkanes) is 1. The Hall–Kier alpha value is -1.90. The number of rotatable bonds is 6. The van der Waals surface area contributed by atoms with Gasteiger partial charge in [-0.15, -0.1) is 0 Å². The van der Waals surface area contributed by atoms with Gasteiger partial charge in [-0.1, -0.05) is 0 Å². The lowest BCUT2D eigenvalue weighted by atomic mass is 10.2. The van der Waals surface area contributed by atoms with Crippen LogP contribution in [0.1, 0.15) is 18.5 Å². The number of nitrogens with zero attached hydrogens (tertiary/aromatic N) is 2. The van der Waals surface area contributed by atoms with E-state index in [1.54, 1.807) is 0 Å². The molecule has 19 heavy (non-hydrogen) atoms. The molecule has 0 aliphatic heterocycles. The van der Waals surface area contributed by atoms with Gasteiger partial charge >= 0.3 is 11.9 Å². The van der Waals surface area contributed by atoms with Gasteiger partial charge in [0.15, 0.2) is 0 Å². The highest BCUT2D eigenvalue weighted by Gasteiger charge is 2.34. The second kappa shape index (κ2) is 6.32. The fourth-order valence-corrected chi connectivity index (χ4v) is 1.38. The van der Waals surface area contributed by atoms with Gasteiger partial charge in [-0.05, 0) is 25.5 Å². The maximum Gasteiger partial charge on any atom is 0.433 e. The maximum atomic E-state index is 12.5. The minimum Gasteiger partial charge on any atom is -0.379 e. The Balaban J connectivity index is 2.93. The third-order valence-electron chi connectivity index (χ3n) is 2.32. The summed E-state index contributed by atoms with van der Waals surface area (Å²) >= 11 is 0. The molecule has 6 nitrogen and oxygen atoms in total. The molecule has 106 valence electrons. The quantitative estimate of drug-likeness (QED) is 0.472. The zero-order chi connectivity index (χ0) is 14.5. The Kier molecular flexibility index (Phi) is 5.04. The first kappa shape index (κ1) is 15.2. The predicted molar refractivity (Wildman–Crippen MR) is 62.7 cm³/mol. The second-order valence-corrected chi connectivity index (χ2v) is 3.76. The number of halogens is 3. The molecule has 0 aromatic carbocycles. The molecule has 0 aliphatic rings. The molecule has 0 fully saturated rings. The summed E-state index contributed by atoms with van der Waals surface area (Å²) in [5.41, 5.74) is 3.43. The summed E-state index contributed by atoms with van der Waals surface area (Å²) in [5.74, 6) is 0. The monoisotopic (exact) mass is 278 g/mol. The van der Waals surface area contributed by atoms with Crippen molar-refractivity contribution in [2.45, 2.75) is 19.0 Å². The van der Waals surface area contributed by atoms with Crippen molar-refractivity contribution >= 4 is 11.4 Å². The molecular formula is C10H13F3N4O2. The molecule has 0 aliphatic carbocycles. The SMILES string of the molecule is NCCCCNc1cc(C(F)(F)F)ncc1[N+](=O)[O-]. The number of aromatic nitrogens is 1. The smallest absolute Gasteiger partial charge is 0.379 e. The van der Waals surface area contributed by atoms with Gasteiger partial charge < -0.3 is 11.1 Å². The van der Waals surface area contributed by atoms with Crippen molar-refractivity contribution in [3.63, 3.8) is 0 Å². The molecule has 0 amide bonds. The highest BCUT2D eigenvalue weighted by Crippen LogP contribution is 2.32. The van der Waals surface area contributed by atoms with Crippen LogP contribution in [0.25, 0.3) is 0 Å². The third kappa shape index (κ3) is 4.36. The van der Waals surface area contributed by atoms with Gasteiger partial charge in [-0.3, -0.25) is 10.1 Å². The summed E-state index contributed by atoms with van der Waals surface area (Å²) in [7, 11) is 0. The van der Waals surface area contributed by atoms with E-state index in [0.29, 0.717) is 38.2 Å². The molecule has 0 bridgehead atoms. The maximum absolute atomic E-state index is 12.5. The number of anilines is 1. The van der Waals surface area contributed by atoms with Crippen molar-refractivity contribution in [2.24, 2.45) is 5.73 Å². The first-order valence-corrected chi connectivity index (χ1v) is 5.52. The minimum absolute atomic E-state index is 0.190. The van der Waals surface area contributed by atoms with E-state index in [0.717, 1.165) is 0 Å². The molecule has 0 saturated heterocycles.